The summed E-state index contributed by atoms with van der Waals surface area (Å²) in [6.07, 6.45) is 1.44. The molecule has 2 aromatic carbocycles. The summed E-state index contributed by atoms with van der Waals surface area (Å²) in [5.41, 5.74) is 8.46. The van der Waals surface area contributed by atoms with E-state index in [-0.39, 0.29) is 5.82 Å². The van der Waals surface area contributed by atoms with Crippen molar-refractivity contribution in [3.63, 3.8) is 0 Å². The van der Waals surface area contributed by atoms with E-state index in [0.717, 1.165) is 22.0 Å². The number of hydrogen-bond acceptors (Lipinski definition) is 3. The predicted octanol–water partition coefficient (Wildman–Crippen LogP) is 3.02. The number of fused-ring (bicyclic) bond motifs is 1. The molecule has 0 saturated heterocycles. The van der Waals surface area contributed by atoms with Gasteiger partial charge in [0.25, 0.3) is 0 Å². The van der Waals surface area contributed by atoms with Gasteiger partial charge in [-0.1, -0.05) is 18.2 Å². The van der Waals surface area contributed by atoms with Crippen LogP contribution in [0.1, 0.15) is 0 Å². The lowest BCUT2D eigenvalue weighted by Gasteiger charge is -2.04. The van der Waals surface area contributed by atoms with E-state index in [1.54, 1.807) is 12.1 Å². The summed E-state index contributed by atoms with van der Waals surface area (Å²) in [5.74, 6) is 0.219. The van der Waals surface area contributed by atoms with Crippen LogP contribution in [0.25, 0.3) is 22.0 Å². The highest BCUT2D eigenvalue weighted by Gasteiger charge is 2.03. The Morgan fingerprint density at radius 3 is 2.39 bits per heavy atom. The zero-order valence-corrected chi connectivity index (χ0v) is 9.47. The highest BCUT2D eigenvalue weighted by molar-refractivity contribution is 5.90. The molecular formula is C14H10FN3. The molecule has 0 unspecified atom stereocenters. The highest BCUT2D eigenvalue weighted by Crippen LogP contribution is 2.25. The fourth-order valence-electron chi connectivity index (χ4n) is 1.90. The van der Waals surface area contributed by atoms with Crippen LogP contribution >= 0.6 is 0 Å². The minimum atomic E-state index is -0.244. The molecule has 0 saturated carbocycles. The number of benzene rings is 2. The van der Waals surface area contributed by atoms with Crippen LogP contribution in [0.15, 0.2) is 48.8 Å². The van der Waals surface area contributed by atoms with Gasteiger partial charge < -0.3 is 5.73 Å². The van der Waals surface area contributed by atoms with Gasteiger partial charge in [0.1, 0.15) is 18.0 Å². The van der Waals surface area contributed by atoms with Crippen molar-refractivity contribution >= 4 is 16.7 Å². The van der Waals surface area contributed by atoms with E-state index in [4.69, 9.17) is 5.73 Å². The number of halogens is 1. The summed E-state index contributed by atoms with van der Waals surface area (Å²) >= 11 is 0. The Bertz CT molecular complexity index is 708. The molecule has 0 atom stereocenters. The molecule has 0 aliphatic rings. The molecule has 0 radical (unpaired) electrons. The Labute approximate surface area is 103 Å². The van der Waals surface area contributed by atoms with Crippen LogP contribution in [-0.2, 0) is 0 Å². The number of anilines is 1. The number of nitrogens with zero attached hydrogens (tertiary/aromatic N) is 2. The molecule has 3 rings (SSSR count). The van der Waals surface area contributed by atoms with E-state index in [1.807, 2.05) is 18.2 Å². The largest absolute Gasteiger partial charge is 0.383 e. The fraction of sp³-hybridized carbons (Fsp3) is 0. The summed E-state index contributed by atoms with van der Waals surface area (Å²) < 4.78 is 12.9. The van der Waals surface area contributed by atoms with Gasteiger partial charge in [-0.3, -0.25) is 0 Å². The van der Waals surface area contributed by atoms with Crippen molar-refractivity contribution in [2.24, 2.45) is 0 Å². The number of aromatic nitrogens is 2. The van der Waals surface area contributed by atoms with Gasteiger partial charge in [-0.2, -0.15) is 0 Å². The second kappa shape index (κ2) is 4.07. The number of rotatable bonds is 1. The maximum Gasteiger partial charge on any atom is 0.134 e. The summed E-state index contributed by atoms with van der Waals surface area (Å²) in [6.45, 7) is 0. The molecule has 1 aromatic heterocycles. The fourth-order valence-corrected chi connectivity index (χ4v) is 1.90. The second-order valence-electron chi connectivity index (χ2n) is 4.00. The van der Waals surface area contributed by atoms with Crippen molar-refractivity contribution in [1.82, 2.24) is 9.97 Å². The van der Waals surface area contributed by atoms with Gasteiger partial charge in [0.15, 0.2) is 0 Å². The van der Waals surface area contributed by atoms with Crippen LogP contribution in [0.5, 0.6) is 0 Å². The van der Waals surface area contributed by atoms with Crippen molar-refractivity contribution in [1.29, 1.82) is 0 Å². The Hall–Kier alpha value is -2.49. The summed E-state index contributed by atoms with van der Waals surface area (Å²) in [5, 5.41) is 0.823. The van der Waals surface area contributed by atoms with Crippen molar-refractivity contribution in [2.45, 2.75) is 0 Å². The monoisotopic (exact) mass is 239 g/mol. The summed E-state index contributed by atoms with van der Waals surface area (Å²) in [7, 11) is 0. The van der Waals surface area contributed by atoms with E-state index in [9.17, 15) is 4.39 Å². The third-order valence-electron chi connectivity index (χ3n) is 2.84. The van der Waals surface area contributed by atoms with Crippen LogP contribution in [0, 0.1) is 5.82 Å². The molecule has 2 N–H and O–H groups in total. The molecule has 3 aromatic rings. The Morgan fingerprint density at radius 1 is 0.889 bits per heavy atom. The SMILES string of the molecule is Nc1ncnc2cc(-c3ccc(F)cc3)ccc12. The molecule has 0 bridgehead atoms. The number of nitrogens with two attached hydrogens (primary N) is 1. The topological polar surface area (TPSA) is 51.8 Å². The highest BCUT2D eigenvalue weighted by atomic mass is 19.1. The van der Waals surface area contributed by atoms with Crippen LogP contribution in [0.3, 0.4) is 0 Å². The minimum Gasteiger partial charge on any atom is -0.383 e. The van der Waals surface area contributed by atoms with Gasteiger partial charge in [0.05, 0.1) is 5.52 Å². The van der Waals surface area contributed by atoms with E-state index < -0.39 is 0 Å². The Balaban J connectivity index is 2.16. The molecular weight excluding hydrogens is 229 g/mol. The maximum atomic E-state index is 12.9. The zero-order valence-electron chi connectivity index (χ0n) is 9.47. The van der Waals surface area contributed by atoms with Crippen molar-refractivity contribution in [3.8, 4) is 11.1 Å². The molecule has 4 heteroatoms. The van der Waals surface area contributed by atoms with E-state index in [0.29, 0.717) is 5.82 Å². The molecule has 3 nitrogen and oxygen atoms in total. The normalized spacial score (nSPS) is 10.7. The predicted molar refractivity (Wildman–Crippen MR) is 69.3 cm³/mol. The lowest BCUT2D eigenvalue weighted by molar-refractivity contribution is 0.628. The van der Waals surface area contributed by atoms with E-state index in [2.05, 4.69) is 9.97 Å². The zero-order chi connectivity index (χ0) is 12.5. The third kappa shape index (κ3) is 1.78. The van der Waals surface area contributed by atoms with E-state index >= 15 is 0 Å². The van der Waals surface area contributed by atoms with Gasteiger partial charge in [-0.05, 0) is 35.4 Å². The summed E-state index contributed by atoms with van der Waals surface area (Å²) in [4.78, 5) is 8.12. The van der Waals surface area contributed by atoms with Crippen LogP contribution in [-0.4, -0.2) is 9.97 Å². The van der Waals surface area contributed by atoms with Gasteiger partial charge in [0, 0.05) is 5.39 Å². The standard InChI is InChI=1S/C14H10FN3/c15-11-4-1-9(2-5-11)10-3-6-12-13(7-10)17-8-18-14(12)16/h1-8H,(H2,16,17,18). The van der Waals surface area contributed by atoms with Gasteiger partial charge in [0.2, 0.25) is 0 Å². The molecule has 0 aliphatic carbocycles. The Morgan fingerprint density at radius 2 is 1.61 bits per heavy atom. The van der Waals surface area contributed by atoms with Gasteiger partial charge in [-0.15, -0.1) is 0 Å². The van der Waals surface area contributed by atoms with E-state index in [1.165, 1.54) is 18.5 Å². The first kappa shape index (κ1) is 10.7. The molecule has 1 heterocycles. The van der Waals surface area contributed by atoms with Gasteiger partial charge >= 0.3 is 0 Å². The first-order valence-electron chi connectivity index (χ1n) is 5.50. The third-order valence-corrected chi connectivity index (χ3v) is 2.84. The average Bonchev–Trinajstić information content (AvgIpc) is 2.39. The molecule has 88 valence electrons. The quantitative estimate of drug-likeness (QED) is 0.710. The van der Waals surface area contributed by atoms with Crippen molar-refractivity contribution in [3.05, 3.63) is 54.6 Å². The maximum absolute atomic E-state index is 12.9. The number of hydrogen-bond donors (Lipinski definition) is 1. The van der Waals surface area contributed by atoms with Gasteiger partial charge in [-0.25, -0.2) is 14.4 Å². The smallest absolute Gasteiger partial charge is 0.134 e. The lowest BCUT2D eigenvalue weighted by atomic mass is 10.0. The first-order valence-corrected chi connectivity index (χ1v) is 5.50. The van der Waals surface area contributed by atoms with Crippen LogP contribution in [0.2, 0.25) is 0 Å². The lowest BCUT2D eigenvalue weighted by Crippen LogP contribution is -1.93. The number of nitrogen functional groups attached to an aromatic ring is 1. The molecule has 0 spiro atoms. The van der Waals surface area contributed by atoms with Crippen LogP contribution in [0.4, 0.5) is 10.2 Å². The molecule has 0 aliphatic heterocycles. The first-order chi connectivity index (χ1) is 8.74. The average molecular weight is 239 g/mol. The second-order valence-corrected chi connectivity index (χ2v) is 4.00. The molecule has 0 amide bonds. The van der Waals surface area contributed by atoms with Crippen molar-refractivity contribution in [2.75, 3.05) is 5.73 Å². The van der Waals surface area contributed by atoms with Crippen LogP contribution < -0.4 is 5.73 Å². The molecule has 0 fully saturated rings. The Kier molecular flexibility index (Phi) is 2.41. The summed E-state index contributed by atoms with van der Waals surface area (Å²) in [6, 6.07) is 12.1. The van der Waals surface area contributed by atoms with Crippen molar-refractivity contribution < 1.29 is 4.39 Å². The molecule has 18 heavy (non-hydrogen) atoms. The minimum absolute atomic E-state index is 0.244.